The van der Waals surface area contributed by atoms with E-state index in [1.165, 1.54) is 6.20 Å². The summed E-state index contributed by atoms with van der Waals surface area (Å²) < 4.78 is 13.5. The molecule has 1 amide bonds. The summed E-state index contributed by atoms with van der Waals surface area (Å²) in [6.07, 6.45) is 1.51. The van der Waals surface area contributed by atoms with Crippen molar-refractivity contribution in [3.63, 3.8) is 0 Å². The number of fused-ring (bicyclic) bond motifs is 1. The number of halogens is 1. The predicted molar refractivity (Wildman–Crippen MR) is 94.7 cm³/mol. The number of likely N-dealkylation sites (N-methyl/N-ethyl adjacent to an activating group) is 1. The highest BCUT2D eigenvalue weighted by molar-refractivity contribution is 5.81. The monoisotopic (exact) mass is 368 g/mol. The topological polar surface area (TPSA) is 110 Å². The Morgan fingerprint density at radius 3 is 3.00 bits per heavy atom. The predicted octanol–water partition coefficient (Wildman–Crippen LogP) is -2.60. The zero-order valence-electron chi connectivity index (χ0n) is 15.0. The zero-order valence-corrected chi connectivity index (χ0v) is 15.0. The highest BCUT2D eigenvalue weighted by Crippen LogP contribution is 2.26. The van der Waals surface area contributed by atoms with Crippen molar-refractivity contribution in [2.24, 2.45) is 17.6 Å². The number of carbonyl (C=O) groups excluding carboxylic acids is 1. The van der Waals surface area contributed by atoms with Crippen LogP contribution in [0.25, 0.3) is 0 Å². The van der Waals surface area contributed by atoms with Crippen molar-refractivity contribution in [1.82, 2.24) is 36.6 Å². The van der Waals surface area contributed by atoms with Crippen LogP contribution in [0.2, 0.25) is 0 Å². The molecule has 0 aromatic rings. The van der Waals surface area contributed by atoms with E-state index in [1.54, 1.807) is 5.01 Å². The lowest BCUT2D eigenvalue weighted by Gasteiger charge is -2.39. The molecule has 6 unspecified atom stereocenters. The van der Waals surface area contributed by atoms with Crippen molar-refractivity contribution in [2.45, 2.75) is 30.8 Å². The SMILES string of the molecule is CN1CNCC1C1CCNCC1NC(=O)C1C(N)NN2C=C(F)CNC12. The normalized spacial score (nSPS) is 41.0. The lowest BCUT2D eigenvalue weighted by atomic mass is 9.85. The van der Waals surface area contributed by atoms with Crippen LogP contribution < -0.4 is 32.4 Å². The molecule has 0 spiro atoms. The molecule has 26 heavy (non-hydrogen) atoms. The first-order valence-electron chi connectivity index (χ1n) is 9.36. The molecule has 0 saturated carbocycles. The molecule has 10 heteroatoms. The van der Waals surface area contributed by atoms with E-state index in [0.29, 0.717) is 12.0 Å². The average Bonchev–Trinajstić information content (AvgIpc) is 3.17. The Balaban J connectivity index is 1.44. The van der Waals surface area contributed by atoms with Crippen molar-refractivity contribution >= 4 is 5.91 Å². The van der Waals surface area contributed by atoms with Crippen molar-refractivity contribution in [1.29, 1.82) is 0 Å². The van der Waals surface area contributed by atoms with Crippen molar-refractivity contribution in [2.75, 3.05) is 39.9 Å². The van der Waals surface area contributed by atoms with Gasteiger partial charge in [0.2, 0.25) is 5.91 Å². The van der Waals surface area contributed by atoms with Crippen LogP contribution in [0.1, 0.15) is 6.42 Å². The zero-order chi connectivity index (χ0) is 18.3. The summed E-state index contributed by atoms with van der Waals surface area (Å²) in [7, 11) is 2.12. The smallest absolute Gasteiger partial charge is 0.229 e. The largest absolute Gasteiger partial charge is 0.351 e. The van der Waals surface area contributed by atoms with Gasteiger partial charge in [-0.2, -0.15) is 0 Å². The van der Waals surface area contributed by atoms with Crippen LogP contribution in [0.4, 0.5) is 4.39 Å². The number of nitrogens with two attached hydrogens (primary N) is 1. The van der Waals surface area contributed by atoms with Crippen LogP contribution in [-0.2, 0) is 4.79 Å². The van der Waals surface area contributed by atoms with Gasteiger partial charge in [0.1, 0.15) is 17.9 Å². The highest BCUT2D eigenvalue weighted by atomic mass is 19.1. The summed E-state index contributed by atoms with van der Waals surface area (Å²) in [6, 6.07) is 0.472. The first-order chi connectivity index (χ1) is 12.5. The number of nitrogens with one attached hydrogen (secondary N) is 5. The van der Waals surface area contributed by atoms with Gasteiger partial charge in [0.25, 0.3) is 0 Å². The van der Waals surface area contributed by atoms with Crippen molar-refractivity contribution in [3.05, 3.63) is 12.0 Å². The Morgan fingerprint density at radius 2 is 2.23 bits per heavy atom. The average molecular weight is 368 g/mol. The highest BCUT2D eigenvalue weighted by Gasteiger charge is 2.46. The second-order valence-corrected chi connectivity index (χ2v) is 7.70. The lowest BCUT2D eigenvalue weighted by molar-refractivity contribution is -0.127. The number of carbonyl (C=O) groups is 1. The summed E-state index contributed by atoms with van der Waals surface area (Å²) >= 11 is 0. The maximum absolute atomic E-state index is 13.5. The van der Waals surface area contributed by atoms with Gasteiger partial charge in [-0.3, -0.25) is 20.0 Å². The molecule has 146 valence electrons. The van der Waals surface area contributed by atoms with E-state index >= 15 is 0 Å². The van der Waals surface area contributed by atoms with E-state index in [0.717, 1.165) is 32.7 Å². The third-order valence-corrected chi connectivity index (χ3v) is 6.03. The Bertz CT molecular complexity index is 574. The minimum atomic E-state index is -0.555. The van der Waals surface area contributed by atoms with Crippen LogP contribution in [0, 0.1) is 11.8 Å². The quantitative estimate of drug-likeness (QED) is 0.322. The third-order valence-electron chi connectivity index (χ3n) is 6.03. The summed E-state index contributed by atoms with van der Waals surface area (Å²) in [5.74, 6) is -0.469. The molecule has 0 aromatic heterocycles. The van der Waals surface area contributed by atoms with Crippen LogP contribution in [0.5, 0.6) is 0 Å². The molecule has 4 heterocycles. The van der Waals surface area contributed by atoms with Gasteiger partial charge >= 0.3 is 0 Å². The molecule has 4 rings (SSSR count). The summed E-state index contributed by atoms with van der Waals surface area (Å²) in [5, 5.41) is 14.6. The van der Waals surface area contributed by atoms with Gasteiger partial charge in [-0.15, -0.1) is 0 Å². The molecule has 0 aromatic carbocycles. The molecule has 0 bridgehead atoms. The Morgan fingerprint density at radius 1 is 1.38 bits per heavy atom. The van der Waals surface area contributed by atoms with Gasteiger partial charge < -0.3 is 21.7 Å². The minimum absolute atomic E-state index is 0.0562. The Hall–Kier alpha value is -1.30. The molecule has 3 fully saturated rings. The first kappa shape index (κ1) is 18.1. The number of hydrogen-bond donors (Lipinski definition) is 6. The third kappa shape index (κ3) is 3.32. The molecule has 4 aliphatic heterocycles. The van der Waals surface area contributed by atoms with Crippen LogP contribution in [-0.4, -0.2) is 80.1 Å². The van der Waals surface area contributed by atoms with E-state index in [9.17, 15) is 9.18 Å². The maximum Gasteiger partial charge on any atom is 0.229 e. The number of piperidine rings is 1. The fraction of sp³-hybridized carbons (Fsp3) is 0.812. The number of amides is 1. The van der Waals surface area contributed by atoms with Gasteiger partial charge in [-0.25, -0.2) is 9.82 Å². The second kappa shape index (κ2) is 7.37. The number of rotatable bonds is 3. The minimum Gasteiger partial charge on any atom is -0.351 e. The summed E-state index contributed by atoms with van der Waals surface area (Å²) in [6.45, 7) is 3.66. The molecule has 0 radical (unpaired) electrons. The molecule has 9 nitrogen and oxygen atoms in total. The van der Waals surface area contributed by atoms with Gasteiger partial charge in [0.15, 0.2) is 0 Å². The Kier molecular flexibility index (Phi) is 5.13. The van der Waals surface area contributed by atoms with Crippen molar-refractivity contribution < 1.29 is 9.18 Å². The van der Waals surface area contributed by atoms with Gasteiger partial charge in [-0.1, -0.05) is 0 Å². The van der Waals surface area contributed by atoms with Gasteiger partial charge in [-0.05, 0) is 25.9 Å². The fourth-order valence-corrected chi connectivity index (χ4v) is 4.67. The first-order valence-corrected chi connectivity index (χ1v) is 9.36. The number of hydrazine groups is 1. The van der Waals surface area contributed by atoms with Crippen molar-refractivity contribution in [3.8, 4) is 0 Å². The van der Waals surface area contributed by atoms with Crippen LogP contribution in [0.15, 0.2) is 12.0 Å². The Labute approximate surface area is 152 Å². The molecule has 6 atom stereocenters. The van der Waals surface area contributed by atoms with Gasteiger partial charge in [0.05, 0.1) is 18.9 Å². The van der Waals surface area contributed by atoms with E-state index in [-0.39, 0.29) is 30.5 Å². The molecule has 3 saturated heterocycles. The van der Waals surface area contributed by atoms with Crippen LogP contribution in [0.3, 0.4) is 0 Å². The molecular formula is C16H29FN8O. The van der Waals surface area contributed by atoms with E-state index in [4.69, 9.17) is 5.73 Å². The summed E-state index contributed by atoms with van der Waals surface area (Å²) in [4.78, 5) is 15.3. The van der Waals surface area contributed by atoms with E-state index in [1.807, 2.05) is 0 Å². The standard InChI is InChI=1S/C16H29FN8O/c1-24-8-20-6-12(24)10-2-3-19-5-11(10)22-16(26)13-14(18)23-25-7-9(17)4-21-15(13)25/h7,10-15,19-21,23H,2-6,8,18H2,1H3,(H,22,26). The lowest BCUT2D eigenvalue weighted by Crippen LogP contribution is -2.60. The molecule has 4 aliphatic rings. The molecule has 0 aliphatic carbocycles. The fourth-order valence-electron chi connectivity index (χ4n) is 4.67. The van der Waals surface area contributed by atoms with E-state index in [2.05, 4.69) is 38.6 Å². The number of hydrogen-bond acceptors (Lipinski definition) is 8. The van der Waals surface area contributed by atoms with E-state index < -0.39 is 12.1 Å². The summed E-state index contributed by atoms with van der Waals surface area (Å²) in [5.41, 5.74) is 9.10. The van der Waals surface area contributed by atoms with Gasteiger partial charge in [0, 0.05) is 31.8 Å². The second-order valence-electron chi connectivity index (χ2n) is 7.70. The van der Waals surface area contributed by atoms with Crippen LogP contribution >= 0.6 is 0 Å². The number of nitrogens with zero attached hydrogens (tertiary/aromatic N) is 2. The maximum atomic E-state index is 13.5. The molecule has 7 N–H and O–H groups in total. The molecular weight excluding hydrogens is 339 g/mol.